The van der Waals surface area contributed by atoms with Gasteiger partial charge in [-0.15, -0.1) is 0 Å². The summed E-state index contributed by atoms with van der Waals surface area (Å²) in [7, 11) is 2.80. The molecular weight excluding hydrogens is 328 g/mol. The molecule has 0 bridgehead atoms. The molecule has 0 aliphatic carbocycles. The molecule has 0 aromatic carbocycles. The monoisotopic (exact) mass is 348 g/mol. The number of pyridine rings is 1. The molecule has 0 spiro atoms. The molecule has 0 fully saturated rings. The van der Waals surface area contributed by atoms with Crippen molar-refractivity contribution in [2.75, 3.05) is 33.9 Å². The van der Waals surface area contributed by atoms with Crippen molar-refractivity contribution >= 4 is 11.9 Å². The van der Waals surface area contributed by atoms with Crippen LogP contribution in [0, 0.1) is 0 Å². The average Bonchev–Trinajstić information content (AvgIpc) is 3.12. The lowest BCUT2D eigenvalue weighted by Crippen LogP contribution is -2.38. The molecule has 0 N–H and O–H groups in total. The summed E-state index contributed by atoms with van der Waals surface area (Å²) in [5.41, 5.74) is 0.733. The lowest BCUT2D eigenvalue weighted by Gasteiger charge is -2.20. The highest BCUT2D eigenvalue weighted by Gasteiger charge is 2.18. The Balaban J connectivity index is 1.93. The first-order chi connectivity index (χ1) is 12.1. The van der Waals surface area contributed by atoms with E-state index in [4.69, 9.17) is 9.26 Å². The molecule has 25 heavy (non-hydrogen) atoms. The minimum atomic E-state index is -0.485. The number of aromatic nitrogens is 3. The van der Waals surface area contributed by atoms with Crippen molar-refractivity contribution in [3.8, 4) is 11.4 Å². The Bertz CT molecular complexity index is 689. The molecule has 9 heteroatoms. The fraction of sp³-hybridized carbons (Fsp3) is 0.438. The zero-order chi connectivity index (χ0) is 18.1. The highest BCUT2D eigenvalue weighted by molar-refractivity contribution is 5.82. The minimum Gasteiger partial charge on any atom is -0.468 e. The number of amides is 1. The molecule has 0 aliphatic heterocycles. The van der Waals surface area contributed by atoms with E-state index < -0.39 is 5.97 Å². The van der Waals surface area contributed by atoms with Gasteiger partial charge < -0.3 is 18.9 Å². The Morgan fingerprint density at radius 2 is 2.16 bits per heavy atom. The van der Waals surface area contributed by atoms with Gasteiger partial charge in [-0.25, -0.2) is 0 Å². The third kappa shape index (κ3) is 5.64. The maximum Gasteiger partial charge on any atom is 0.325 e. The van der Waals surface area contributed by atoms with Crippen LogP contribution in [0.2, 0.25) is 0 Å². The van der Waals surface area contributed by atoms with E-state index in [0.29, 0.717) is 24.9 Å². The lowest BCUT2D eigenvalue weighted by atomic mass is 10.2. The topological polar surface area (TPSA) is 108 Å². The van der Waals surface area contributed by atoms with E-state index >= 15 is 0 Å². The Labute approximate surface area is 144 Å². The van der Waals surface area contributed by atoms with E-state index in [0.717, 1.165) is 5.56 Å². The van der Waals surface area contributed by atoms with Crippen LogP contribution in [0.4, 0.5) is 0 Å². The van der Waals surface area contributed by atoms with Crippen molar-refractivity contribution in [1.82, 2.24) is 20.0 Å². The molecule has 2 heterocycles. The first kappa shape index (κ1) is 18.5. The zero-order valence-electron chi connectivity index (χ0n) is 14.2. The molecular formula is C16H20N4O5. The number of hydrogen-bond donors (Lipinski definition) is 0. The highest BCUT2D eigenvalue weighted by atomic mass is 16.5. The van der Waals surface area contributed by atoms with E-state index in [-0.39, 0.29) is 25.3 Å². The molecule has 0 radical (unpaired) electrons. The SMILES string of the molecule is COCCN(CC(=O)OC)C(=O)CCc1nc(-c2cccnc2)no1. The Hall–Kier alpha value is -2.81. The summed E-state index contributed by atoms with van der Waals surface area (Å²) in [6, 6.07) is 3.59. The molecule has 0 aliphatic rings. The van der Waals surface area contributed by atoms with Gasteiger partial charge in [-0.3, -0.25) is 14.6 Å². The Morgan fingerprint density at radius 3 is 2.84 bits per heavy atom. The second-order valence-corrected chi connectivity index (χ2v) is 5.14. The van der Waals surface area contributed by atoms with Gasteiger partial charge in [0.15, 0.2) is 0 Å². The number of aryl methyl sites for hydroxylation is 1. The summed E-state index contributed by atoms with van der Waals surface area (Å²) < 4.78 is 14.7. The molecule has 9 nitrogen and oxygen atoms in total. The fourth-order valence-electron chi connectivity index (χ4n) is 2.05. The first-order valence-corrected chi connectivity index (χ1v) is 7.70. The third-order valence-corrected chi connectivity index (χ3v) is 3.41. The van der Waals surface area contributed by atoms with Gasteiger partial charge in [0.2, 0.25) is 17.6 Å². The predicted molar refractivity (Wildman–Crippen MR) is 86.3 cm³/mol. The second-order valence-electron chi connectivity index (χ2n) is 5.14. The Kier molecular flexibility index (Phi) is 7.02. The average molecular weight is 348 g/mol. The van der Waals surface area contributed by atoms with Gasteiger partial charge in [0.1, 0.15) is 6.54 Å². The molecule has 0 saturated heterocycles. The number of rotatable bonds is 9. The summed E-state index contributed by atoms with van der Waals surface area (Å²) in [4.78, 5) is 33.4. The van der Waals surface area contributed by atoms with Gasteiger partial charge in [-0.05, 0) is 12.1 Å². The number of ether oxygens (including phenoxy) is 2. The first-order valence-electron chi connectivity index (χ1n) is 7.70. The molecule has 0 unspecified atom stereocenters. The summed E-state index contributed by atoms with van der Waals surface area (Å²) in [5.74, 6) is 0.0583. The quantitative estimate of drug-likeness (QED) is 0.610. The normalized spacial score (nSPS) is 10.5. The minimum absolute atomic E-state index is 0.122. The van der Waals surface area contributed by atoms with Gasteiger partial charge in [0.25, 0.3) is 0 Å². The van der Waals surface area contributed by atoms with E-state index in [1.165, 1.54) is 19.1 Å². The van der Waals surface area contributed by atoms with Crippen LogP contribution in [0.15, 0.2) is 29.0 Å². The second kappa shape index (κ2) is 9.48. The molecule has 2 aromatic heterocycles. The number of methoxy groups -OCH3 is 2. The lowest BCUT2D eigenvalue weighted by molar-refractivity contribution is -0.147. The summed E-state index contributed by atoms with van der Waals surface area (Å²) in [5, 5.41) is 3.88. The third-order valence-electron chi connectivity index (χ3n) is 3.41. The van der Waals surface area contributed by atoms with Crippen LogP contribution >= 0.6 is 0 Å². The number of esters is 1. The number of carbonyl (C=O) groups excluding carboxylic acids is 2. The van der Waals surface area contributed by atoms with Crippen molar-refractivity contribution in [2.24, 2.45) is 0 Å². The van der Waals surface area contributed by atoms with Crippen LogP contribution in [0.25, 0.3) is 11.4 Å². The van der Waals surface area contributed by atoms with E-state index in [2.05, 4.69) is 19.9 Å². The molecule has 2 rings (SSSR count). The van der Waals surface area contributed by atoms with Gasteiger partial charge in [0, 0.05) is 44.5 Å². The maximum atomic E-state index is 12.3. The van der Waals surface area contributed by atoms with Crippen molar-refractivity contribution in [2.45, 2.75) is 12.8 Å². The summed E-state index contributed by atoms with van der Waals surface area (Å²) in [6.07, 6.45) is 3.69. The largest absolute Gasteiger partial charge is 0.468 e. The van der Waals surface area contributed by atoms with Crippen molar-refractivity contribution < 1.29 is 23.6 Å². The van der Waals surface area contributed by atoms with Gasteiger partial charge in [0.05, 0.1) is 13.7 Å². The summed E-state index contributed by atoms with van der Waals surface area (Å²) >= 11 is 0. The van der Waals surface area contributed by atoms with Gasteiger partial charge in [-0.1, -0.05) is 5.16 Å². The molecule has 134 valence electrons. The van der Waals surface area contributed by atoms with Crippen LogP contribution in [-0.4, -0.2) is 65.8 Å². The number of hydrogen-bond acceptors (Lipinski definition) is 8. The van der Waals surface area contributed by atoms with Gasteiger partial charge in [-0.2, -0.15) is 4.98 Å². The standard InChI is InChI=1S/C16H20N4O5/c1-23-9-8-20(11-15(22)24-2)14(21)6-5-13-18-16(19-25-13)12-4-3-7-17-10-12/h3-4,7,10H,5-6,8-9,11H2,1-2H3. The van der Waals surface area contributed by atoms with E-state index in [1.54, 1.807) is 18.5 Å². The van der Waals surface area contributed by atoms with Crippen LogP contribution in [0.1, 0.15) is 12.3 Å². The zero-order valence-corrected chi connectivity index (χ0v) is 14.2. The number of carbonyl (C=O) groups is 2. The van der Waals surface area contributed by atoms with Crippen LogP contribution in [-0.2, 0) is 25.5 Å². The highest BCUT2D eigenvalue weighted by Crippen LogP contribution is 2.14. The van der Waals surface area contributed by atoms with E-state index in [9.17, 15) is 9.59 Å². The van der Waals surface area contributed by atoms with Crippen LogP contribution in [0.3, 0.4) is 0 Å². The maximum absolute atomic E-state index is 12.3. The molecule has 1 amide bonds. The fourth-order valence-corrected chi connectivity index (χ4v) is 2.05. The van der Waals surface area contributed by atoms with Crippen molar-refractivity contribution in [3.63, 3.8) is 0 Å². The van der Waals surface area contributed by atoms with Crippen LogP contribution < -0.4 is 0 Å². The van der Waals surface area contributed by atoms with Crippen molar-refractivity contribution in [3.05, 3.63) is 30.4 Å². The van der Waals surface area contributed by atoms with Crippen LogP contribution in [0.5, 0.6) is 0 Å². The van der Waals surface area contributed by atoms with E-state index in [1.807, 2.05) is 6.07 Å². The van der Waals surface area contributed by atoms with Crippen molar-refractivity contribution in [1.29, 1.82) is 0 Å². The van der Waals surface area contributed by atoms with Gasteiger partial charge >= 0.3 is 5.97 Å². The summed E-state index contributed by atoms with van der Waals surface area (Å²) in [6.45, 7) is 0.507. The molecule has 0 atom stereocenters. The predicted octanol–water partition coefficient (Wildman–Crippen LogP) is 0.712. The Morgan fingerprint density at radius 1 is 1.32 bits per heavy atom. The molecule has 2 aromatic rings. The molecule has 0 saturated carbocycles. The smallest absolute Gasteiger partial charge is 0.325 e. The number of nitrogens with zero attached hydrogens (tertiary/aromatic N) is 4.